The smallest absolute Gasteiger partial charge is 0.255 e. The quantitative estimate of drug-likeness (QED) is 0.450. The fourth-order valence-corrected chi connectivity index (χ4v) is 2.97. The molecule has 0 aliphatic heterocycles. The van der Waals surface area contributed by atoms with E-state index in [9.17, 15) is 9.18 Å². The van der Waals surface area contributed by atoms with Gasteiger partial charge in [-0.15, -0.1) is 0 Å². The van der Waals surface area contributed by atoms with Gasteiger partial charge in [0, 0.05) is 17.0 Å². The van der Waals surface area contributed by atoms with E-state index < -0.39 is 0 Å². The topological polar surface area (TPSA) is 116 Å². The van der Waals surface area contributed by atoms with Crippen molar-refractivity contribution in [3.63, 3.8) is 0 Å². The third kappa shape index (κ3) is 4.17. The zero-order chi connectivity index (χ0) is 21.1. The fraction of sp³-hybridized carbons (Fsp3) is 0.0909. The molecule has 8 heteroatoms. The molecule has 0 bridgehead atoms. The summed E-state index contributed by atoms with van der Waals surface area (Å²) in [5.74, 6) is 0.729. The Bertz CT molecular complexity index is 1220. The Labute approximate surface area is 171 Å². The van der Waals surface area contributed by atoms with Crippen LogP contribution in [-0.2, 0) is 13.2 Å². The molecular weight excluding hydrogens is 387 g/mol. The zero-order valence-corrected chi connectivity index (χ0v) is 15.9. The largest absolute Gasteiger partial charge is 0.489 e. The standard InChI is InChI=1S/C22H19FN4O3/c23-18-4-2-1-3-14(18)12-29-15-6-5-13-9-16(30-19(13)10-15)11-26-22(28)17-7-8-20(24)27-21(17)25/h1-10H,11-12H2,(H,26,28)(H4,24,25,27). The average molecular weight is 406 g/mol. The zero-order valence-electron chi connectivity index (χ0n) is 15.9. The summed E-state index contributed by atoms with van der Waals surface area (Å²) in [4.78, 5) is 16.2. The molecule has 4 aromatic rings. The summed E-state index contributed by atoms with van der Waals surface area (Å²) in [6.45, 7) is 0.279. The molecule has 2 heterocycles. The number of amides is 1. The van der Waals surface area contributed by atoms with Crippen molar-refractivity contribution in [3.05, 3.63) is 83.4 Å². The molecule has 0 atom stereocenters. The van der Waals surface area contributed by atoms with Crippen LogP contribution in [0.4, 0.5) is 16.0 Å². The number of fused-ring (bicyclic) bond motifs is 1. The normalized spacial score (nSPS) is 10.8. The Morgan fingerprint density at radius 1 is 1.10 bits per heavy atom. The van der Waals surface area contributed by atoms with Gasteiger partial charge in [-0.1, -0.05) is 18.2 Å². The third-order valence-corrected chi connectivity index (χ3v) is 4.51. The van der Waals surface area contributed by atoms with Crippen LogP contribution in [0, 0.1) is 5.82 Å². The summed E-state index contributed by atoms with van der Waals surface area (Å²) in [5.41, 5.74) is 12.6. The van der Waals surface area contributed by atoms with Gasteiger partial charge in [0.15, 0.2) is 0 Å². The van der Waals surface area contributed by atoms with Gasteiger partial charge in [0.1, 0.15) is 41.2 Å². The van der Waals surface area contributed by atoms with Crippen LogP contribution in [0.15, 0.2) is 65.1 Å². The third-order valence-electron chi connectivity index (χ3n) is 4.51. The van der Waals surface area contributed by atoms with E-state index in [2.05, 4.69) is 10.3 Å². The van der Waals surface area contributed by atoms with Crippen molar-refractivity contribution < 1.29 is 18.3 Å². The van der Waals surface area contributed by atoms with Crippen molar-refractivity contribution >= 4 is 28.5 Å². The van der Waals surface area contributed by atoms with E-state index in [0.29, 0.717) is 22.7 Å². The highest BCUT2D eigenvalue weighted by atomic mass is 19.1. The molecule has 7 nitrogen and oxygen atoms in total. The predicted molar refractivity (Wildman–Crippen MR) is 111 cm³/mol. The minimum Gasteiger partial charge on any atom is -0.489 e. The van der Waals surface area contributed by atoms with Gasteiger partial charge in [-0.2, -0.15) is 0 Å². The summed E-state index contributed by atoms with van der Waals surface area (Å²) in [5, 5.41) is 3.59. The Balaban J connectivity index is 1.42. The second-order valence-corrected chi connectivity index (χ2v) is 6.64. The van der Waals surface area contributed by atoms with Crippen LogP contribution in [0.1, 0.15) is 21.7 Å². The number of nitrogens with one attached hydrogen (secondary N) is 1. The number of halogens is 1. The minimum absolute atomic E-state index is 0.0637. The lowest BCUT2D eigenvalue weighted by atomic mass is 10.2. The second-order valence-electron chi connectivity index (χ2n) is 6.64. The maximum absolute atomic E-state index is 13.7. The number of nitrogens with zero attached hydrogens (tertiary/aromatic N) is 1. The maximum atomic E-state index is 13.7. The van der Waals surface area contributed by atoms with Gasteiger partial charge in [-0.05, 0) is 36.4 Å². The number of pyridine rings is 1. The Hall–Kier alpha value is -4.07. The summed E-state index contributed by atoms with van der Waals surface area (Å²) >= 11 is 0. The van der Waals surface area contributed by atoms with Gasteiger partial charge < -0.3 is 25.9 Å². The van der Waals surface area contributed by atoms with E-state index in [1.54, 1.807) is 30.3 Å². The Morgan fingerprint density at radius 2 is 1.93 bits per heavy atom. The van der Waals surface area contributed by atoms with Gasteiger partial charge in [0.25, 0.3) is 5.91 Å². The number of carbonyl (C=O) groups excluding carboxylic acids is 1. The van der Waals surface area contributed by atoms with Crippen LogP contribution < -0.4 is 21.5 Å². The molecule has 4 rings (SSSR count). The number of rotatable bonds is 6. The number of benzene rings is 2. The highest BCUT2D eigenvalue weighted by Crippen LogP contribution is 2.25. The fourth-order valence-electron chi connectivity index (χ4n) is 2.97. The lowest BCUT2D eigenvalue weighted by molar-refractivity contribution is 0.0949. The lowest BCUT2D eigenvalue weighted by Crippen LogP contribution is -2.24. The van der Waals surface area contributed by atoms with Gasteiger partial charge >= 0.3 is 0 Å². The minimum atomic E-state index is -0.380. The van der Waals surface area contributed by atoms with Gasteiger partial charge in [-0.25, -0.2) is 9.37 Å². The molecule has 0 unspecified atom stereocenters. The summed E-state index contributed by atoms with van der Waals surface area (Å²) in [6, 6.07) is 16.6. The van der Waals surface area contributed by atoms with Crippen molar-refractivity contribution in [3.8, 4) is 5.75 Å². The number of aromatic nitrogens is 1. The van der Waals surface area contributed by atoms with E-state index in [0.717, 1.165) is 5.39 Å². The van der Waals surface area contributed by atoms with Crippen LogP contribution >= 0.6 is 0 Å². The lowest BCUT2D eigenvalue weighted by Gasteiger charge is -2.07. The van der Waals surface area contributed by atoms with Crippen molar-refractivity contribution in [1.82, 2.24) is 10.3 Å². The number of furan rings is 1. The van der Waals surface area contributed by atoms with Crippen LogP contribution in [0.3, 0.4) is 0 Å². The number of nitrogens with two attached hydrogens (primary N) is 2. The molecule has 5 N–H and O–H groups in total. The molecule has 0 saturated heterocycles. The molecule has 0 aliphatic rings. The molecule has 0 aliphatic carbocycles. The molecule has 30 heavy (non-hydrogen) atoms. The molecule has 152 valence electrons. The predicted octanol–water partition coefficient (Wildman–Crippen LogP) is 3.64. The van der Waals surface area contributed by atoms with E-state index in [1.165, 1.54) is 18.2 Å². The summed E-state index contributed by atoms with van der Waals surface area (Å²) in [6.07, 6.45) is 0. The Morgan fingerprint density at radius 3 is 2.73 bits per heavy atom. The van der Waals surface area contributed by atoms with Crippen LogP contribution in [-0.4, -0.2) is 10.9 Å². The summed E-state index contributed by atoms with van der Waals surface area (Å²) < 4.78 is 25.2. The first-order valence-corrected chi connectivity index (χ1v) is 9.18. The molecule has 2 aromatic carbocycles. The number of ether oxygens (including phenoxy) is 1. The van der Waals surface area contributed by atoms with Gasteiger partial charge in [0.05, 0.1) is 12.1 Å². The highest BCUT2D eigenvalue weighted by Gasteiger charge is 2.12. The Kier molecular flexibility index (Phi) is 5.21. The number of carbonyl (C=O) groups is 1. The number of hydrogen-bond acceptors (Lipinski definition) is 6. The van der Waals surface area contributed by atoms with Crippen molar-refractivity contribution in [1.29, 1.82) is 0 Å². The first-order valence-electron chi connectivity index (χ1n) is 9.18. The molecular formula is C22H19FN4O3. The highest BCUT2D eigenvalue weighted by molar-refractivity contribution is 5.98. The maximum Gasteiger partial charge on any atom is 0.255 e. The summed E-state index contributed by atoms with van der Waals surface area (Å²) in [7, 11) is 0. The molecule has 0 spiro atoms. The van der Waals surface area contributed by atoms with Crippen LogP contribution in [0.2, 0.25) is 0 Å². The average Bonchev–Trinajstić information content (AvgIpc) is 3.13. The van der Waals surface area contributed by atoms with Crippen molar-refractivity contribution in [2.45, 2.75) is 13.2 Å². The second kappa shape index (κ2) is 8.12. The number of hydrogen-bond donors (Lipinski definition) is 3. The SMILES string of the molecule is Nc1ccc(C(=O)NCc2cc3ccc(OCc4ccccc4F)cc3o2)c(N)n1. The number of anilines is 2. The molecule has 0 fully saturated rings. The van der Waals surface area contributed by atoms with Gasteiger partial charge in [-0.3, -0.25) is 4.79 Å². The van der Waals surface area contributed by atoms with E-state index in [1.807, 2.05) is 12.1 Å². The number of nitrogen functional groups attached to an aromatic ring is 2. The molecule has 2 aromatic heterocycles. The van der Waals surface area contributed by atoms with E-state index in [4.69, 9.17) is 20.6 Å². The van der Waals surface area contributed by atoms with Crippen LogP contribution in [0.25, 0.3) is 11.0 Å². The first kappa shape index (κ1) is 19.3. The van der Waals surface area contributed by atoms with E-state index in [-0.39, 0.29) is 42.1 Å². The monoisotopic (exact) mass is 406 g/mol. The molecule has 0 saturated carbocycles. The van der Waals surface area contributed by atoms with E-state index >= 15 is 0 Å². The molecule has 1 amide bonds. The van der Waals surface area contributed by atoms with Crippen LogP contribution in [0.5, 0.6) is 5.75 Å². The van der Waals surface area contributed by atoms with Gasteiger partial charge in [0.2, 0.25) is 0 Å². The first-order chi connectivity index (χ1) is 14.5. The van der Waals surface area contributed by atoms with Crippen molar-refractivity contribution in [2.75, 3.05) is 11.5 Å². The molecule has 0 radical (unpaired) electrons. The van der Waals surface area contributed by atoms with Crippen molar-refractivity contribution in [2.24, 2.45) is 0 Å².